The van der Waals surface area contributed by atoms with Crippen molar-refractivity contribution < 1.29 is 28.6 Å². The number of ether oxygens (including phenoxy) is 2. The highest BCUT2D eigenvalue weighted by molar-refractivity contribution is 5.82. The SMILES string of the molecule is CC(Oc1cccc(F)c1)C(=O)NCC1(C(=O)O)CCOCC1. The fourth-order valence-corrected chi connectivity index (χ4v) is 2.43. The first-order chi connectivity index (χ1) is 10.9. The Morgan fingerprint density at radius 3 is 2.74 bits per heavy atom. The summed E-state index contributed by atoms with van der Waals surface area (Å²) < 4.78 is 23.6. The summed E-state index contributed by atoms with van der Waals surface area (Å²) in [6, 6.07) is 5.49. The van der Waals surface area contributed by atoms with Crippen molar-refractivity contribution in [3.63, 3.8) is 0 Å². The molecule has 1 aromatic rings. The van der Waals surface area contributed by atoms with Crippen LogP contribution in [0, 0.1) is 11.2 Å². The van der Waals surface area contributed by atoms with Gasteiger partial charge in [0.2, 0.25) is 0 Å². The molecule has 126 valence electrons. The van der Waals surface area contributed by atoms with Gasteiger partial charge in [0.05, 0.1) is 5.41 Å². The zero-order valence-corrected chi connectivity index (χ0v) is 12.9. The normalized spacial score (nSPS) is 18.0. The molecule has 1 fully saturated rings. The third-order valence-electron chi connectivity index (χ3n) is 3.98. The van der Waals surface area contributed by atoms with Crippen molar-refractivity contribution in [2.24, 2.45) is 5.41 Å². The van der Waals surface area contributed by atoms with Crippen molar-refractivity contribution in [2.75, 3.05) is 19.8 Å². The summed E-state index contributed by atoms with van der Waals surface area (Å²) >= 11 is 0. The largest absolute Gasteiger partial charge is 0.481 e. The number of carbonyl (C=O) groups is 2. The minimum absolute atomic E-state index is 0.0153. The fourth-order valence-electron chi connectivity index (χ4n) is 2.43. The Labute approximate surface area is 133 Å². The lowest BCUT2D eigenvalue weighted by Gasteiger charge is -2.33. The van der Waals surface area contributed by atoms with E-state index in [9.17, 15) is 19.1 Å². The summed E-state index contributed by atoms with van der Waals surface area (Å²) in [4.78, 5) is 23.6. The van der Waals surface area contributed by atoms with Crippen LogP contribution < -0.4 is 10.1 Å². The van der Waals surface area contributed by atoms with Crippen molar-refractivity contribution in [1.29, 1.82) is 0 Å². The topological polar surface area (TPSA) is 84.9 Å². The van der Waals surface area contributed by atoms with Gasteiger partial charge >= 0.3 is 5.97 Å². The van der Waals surface area contributed by atoms with E-state index in [4.69, 9.17) is 9.47 Å². The highest BCUT2D eigenvalue weighted by atomic mass is 19.1. The highest BCUT2D eigenvalue weighted by Crippen LogP contribution is 2.30. The Morgan fingerprint density at radius 1 is 1.43 bits per heavy atom. The fraction of sp³-hybridized carbons (Fsp3) is 0.500. The molecule has 1 aliphatic heterocycles. The summed E-state index contributed by atoms with van der Waals surface area (Å²) in [7, 11) is 0. The molecule has 0 aliphatic carbocycles. The first kappa shape index (κ1) is 17.2. The van der Waals surface area contributed by atoms with Crippen molar-refractivity contribution in [3.8, 4) is 5.75 Å². The molecular weight excluding hydrogens is 305 g/mol. The Balaban J connectivity index is 1.91. The second-order valence-corrected chi connectivity index (χ2v) is 5.63. The van der Waals surface area contributed by atoms with Gasteiger partial charge < -0.3 is 19.9 Å². The van der Waals surface area contributed by atoms with Gasteiger partial charge in [-0.15, -0.1) is 0 Å². The van der Waals surface area contributed by atoms with E-state index in [-0.39, 0.29) is 12.3 Å². The summed E-state index contributed by atoms with van der Waals surface area (Å²) in [6.07, 6.45) is -0.161. The zero-order valence-electron chi connectivity index (χ0n) is 12.9. The molecule has 6 nitrogen and oxygen atoms in total. The number of carboxylic acid groups (broad SMARTS) is 1. The lowest BCUT2D eigenvalue weighted by atomic mass is 9.80. The highest BCUT2D eigenvalue weighted by Gasteiger charge is 2.40. The second kappa shape index (κ2) is 7.41. The van der Waals surface area contributed by atoms with Crippen molar-refractivity contribution in [1.82, 2.24) is 5.32 Å². The monoisotopic (exact) mass is 325 g/mol. The molecule has 1 atom stereocenters. The van der Waals surface area contributed by atoms with Gasteiger partial charge in [0, 0.05) is 25.8 Å². The number of carbonyl (C=O) groups excluding carboxylic acids is 1. The number of hydrogen-bond acceptors (Lipinski definition) is 4. The first-order valence-electron chi connectivity index (χ1n) is 7.44. The van der Waals surface area contributed by atoms with Crippen LogP contribution in [-0.2, 0) is 14.3 Å². The molecule has 0 spiro atoms. The van der Waals surface area contributed by atoms with E-state index in [0.717, 1.165) is 0 Å². The standard InChI is InChI=1S/C16H20FNO5/c1-11(23-13-4-2-3-12(17)9-13)14(19)18-10-16(15(20)21)5-7-22-8-6-16/h2-4,9,11H,5-8,10H2,1H3,(H,18,19)(H,20,21). The number of aliphatic carboxylic acids is 1. The zero-order chi connectivity index (χ0) is 16.9. The number of benzene rings is 1. The quantitative estimate of drug-likeness (QED) is 0.830. The minimum atomic E-state index is -1.01. The molecule has 1 amide bonds. The van der Waals surface area contributed by atoms with Gasteiger partial charge in [-0.25, -0.2) is 4.39 Å². The number of carboxylic acids is 1. The van der Waals surface area contributed by atoms with Crippen molar-refractivity contribution >= 4 is 11.9 Å². The molecule has 23 heavy (non-hydrogen) atoms. The molecule has 0 radical (unpaired) electrons. The molecule has 7 heteroatoms. The van der Waals surface area contributed by atoms with E-state index in [1.807, 2.05) is 0 Å². The number of nitrogens with one attached hydrogen (secondary N) is 1. The molecular formula is C16H20FNO5. The van der Waals surface area contributed by atoms with Crippen LogP contribution in [0.15, 0.2) is 24.3 Å². The van der Waals surface area contributed by atoms with Gasteiger partial charge in [-0.1, -0.05) is 6.07 Å². The average molecular weight is 325 g/mol. The van der Waals surface area contributed by atoms with E-state index in [0.29, 0.717) is 26.1 Å². The van der Waals surface area contributed by atoms with Gasteiger partial charge in [-0.3, -0.25) is 9.59 Å². The maximum atomic E-state index is 13.1. The maximum absolute atomic E-state index is 13.1. The average Bonchev–Trinajstić information content (AvgIpc) is 2.53. The summed E-state index contributed by atoms with van der Waals surface area (Å²) in [5.74, 6) is -1.60. The van der Waals surface area contributed by atoms with E-state index >= 15 is 0 Å². The smallest absolute Gasteiger partial charge is 0.311 e. The van der Waals surface area contributed by atoms with Gasteiger partial charge in [0.25, 0.3) is 5.91 Å². The number of hydrogen-bond donors (Lipinski definition) is 2. The van der Waals surface area contributed by atoms with Gasteiger partial charge in [0.15, 0.2) is 6.10 Å². The van der Waals surface area contributed by atoms with Crippen LogP contribution in [-0.4, -0.2) is 42.8 Å². The van der Waals surface area contributed by atoms with Crippen molar-refractivity contribution in [2.45, 2.75) is 25.9 Å². The van der Waals surface area contributed by atoms with Crippen LogP contribution in [0.3, 0.4) is 0 Å². The lowest BCUT2D eigenvalue weighted by molar-refractivity contribution is -0.155. The molecule has 1 aromatic carbocycles. The predicted octanol–water partition coefficient (Wildman–Crippen LogP) is 1.59. The first-order valence-corrected chi connectivity index (χ1v) is 7.44. The van der Waals surface area contributed by atoms with Gasteiger partial charge in [-0.05, 0) is 31.9 Å². The second-order valence-electron chi connectivity index (χ2n) is 5.63. The van der Waals surface area contributed by atoms with Crippen LogP contribution in [0.1, 0.15) is 19.8 Å². The molecule has 0 aromatic heterocycles. The number of halogens is 1. The van der Waals surface area contributed by atoms with Crippen LogP contribution in [0.4, 0.5) is 4.39 Å². The Morgan fingerprint density at radius 2 is 2.13 bits per heavy atom. The van der Waals surface area contributed by atoms with Crippen LogP contribution in [0.25, 0.3) is 0 Å². The van der Waals surface area contributed by atoms with E-state index < -0.39 is 29.2 Å². The number of amides is 1. The van der Waals surface area contributed by atoms with E-state index in [1.54, 1.807) is 6.07 Å². The predicted molar refractivity (Wildman–Crippen MR) is 79.6 cm³/mol. The van der Waals surface area contributed by atoms with Crippen molar-refractivity contribution in [3.05, 3.63) is 30.1 Å². The van der Waals surface area contributed by atoms with Gasteiger partial charge in [0.1, 0.15) is 11.6 Å². The molecule has 1 saturated heterocycles. The Hall–Kier alpha value is -2.15. The molecule has 0 bridgehead atoms. The van der Waals surface area contributed by atoms with Crippen LogP contribution in [0.2, 0.25) is 0 Å². The Kier molecular flexibility index (Phi) is 5.54. The third-order valence-corrected chi connectivity index (χ3v) is 3.98. The van der Waals surface area contributed by atoms with Gasteiger partial charge in [-0.2, -0.15) is 0 Å². The van der Waals surface area contributed by atoms with E-state index in [1.165, 1.54) is 25.1 Å². The molecule has 0 saturated carbocycles. The number of rotatable bonds is 6. The molecule has 2 N–H and O–H groups in total. The van der Waals surface area contributed by atoms with E-state index in [2.05, 4.69) is 5.32 Å². The summed E-state index contributed by atoms with van der Waals surface area (Å²) in [6.45, 7) is 2.26. The Bertz CT molecular complexity index is 571. The van der Waals surface area contributed by atoms with Crippen LogP contribution in [0.5, 0.6) is 5.75 Å². The molecule has 1 heterocycles. The molecule has 2 rings (SSSR count). The minimum Gasteiger partial charge on any atom is -0.481 e. The molecule has 1 unspecified atom stereocenters. The summed E-state index contributed by atoms with van der Waals surface area (Å²) in [5, 5.41) is 12.0. The third kappa shape index (κ3) is 4.41. The van der Waals surface area contributed by atoms with Crippen LogP contribution >= 0.6 is 0 Å². The summed E-state index contributed by atoms with van der Waals surface area (Å²) in [5.41, 5.74) is -1.01. The lowest BCUT2D eigenvalue weighted by Crippen LogP contribution is -2.48. The molecule has 1 aliphatic rings. The maximum Gasteiger partial charge on any atom is 0.311 e.